The van der Waals surface area contributed by atoms with Crippen molar-refractivity contribution in [3.8, 4) is 0 Å². The Hall–Kier alpha value is -3.35. The molecule has 1 aliphatic heterocycles. The molecule has 7 heteroatoms. The molecule has 3 N–H and O–H groups in total. The molecule has 33 heavy (non-hydrogen) atoms. The van der Waals surface area contributed by atoms with Crippen LogP contribution in [-0.2, 0) is 14.4 Å². The summed E-state index contributed by atoms with van der Waals surface area (Å²) in [6.45, 7) is 7.31. The zero-order valence-corrected chi connectivity index (χ0v) is 19.7. The van der Waals surface area contributed by atoms with E-state index in [9.17, 15) is 14.4 Å². The summed E-state index contributed by atoms with van der Waals surface area (Å²) in [6.07, 6.45) is 2.66. The summed E-state index contributed by atoms with van der Waals surface area (Å²) in [5, 5.41) is 8.65. The molecule has 1 aliphatic rings. The Labute approximate surface area is 195 Å². The highest BCUT2D eigenvalue weighted by molar-refractivity contribution is 5.92. The second kappa shape index (κ2) is 11.5. The fourth-order valence-electron chi connectivity index (χ4n) is 4.11. The lowest BCUT2D eigenvalue weighted by atomic mass is 10.0. The van der Waals surface area contributed by atoms with Gasteiger partial charge in [-0.3, -0.25) is 14.4 Å². The van der Waals surface area contributed by atoms with E-state index in [2.05, 4.69) is 26.9 Å². The van der Waals surface area contributed by atoms with Crippen molar-refractivity contribution in [1.82, 2.24) is 10.6 Å². The first-order valence-electron chi connectivity index (χ1n) is 11.6. The Kier molecular flexibility index (Phi) is 8.46. The number of benzene rings is 2. The topological polar surface area (TPSA) is 90.5 Å². The predicted molar refractivity (Wildman–Crippen MR) is 131 cm³/mol. The highest BCUT2D eigenvalue weighted by Gasteiger charge is 2.19. The normalized spacial score (nSPS) is 14.9. The number of hydrogen-bond acceptors (Lipinski definition) is 4. The van der Waals surface area contributed by atoms with Crippen LogP contribution >= 0.6 is 0 Å². The van der Waals surface area contributed by atoms with Gasteiger partial charge in [0, 0.05) is 43.9 Å². The average molecular weight is 451 g/mol. The second-order valence-electron chi connectivity index (χ2n) is 8.83. The summed E-state index contributed by atoms with van der Waals surface area (Å²) >= 11 is 0. The zero-order chi connectivity index (χ0) is 23.8. The molecule has 3 rings (SSSR count). The smallest absolute Gasteiger partial charge is 0.226 e. The van der Waals surface area contributed by atoms with Crippen LogP contribution in [0, 0.1) is 6.92 Å². The number of nitrogens with zero attached hydrogens (tertiary/aromatic N) is 1. The largest absolute Gasteiger partial charge is 0.371 e. The molecular weight excluding hydrogens is 416 g/mol. The zero-order valence-electron chi connectivity index (χ0n) is 19.7. The number of carbonyl (C=O) groups excluding carboxylic acids is 3. The van der Waals surface area contributed by atoms with Crippen molar-refractivity contribution in [3.05, 3.63) is 59.7 Å². The third kappa shape index (κ3) is 7.63. The molecule has 2 aromatic carbocycles. The van der Waals surface area contributed by atoms with Crippen LogP contribution in [-0.4, -0.2) is 36.9 Å². The van der Waals surface area contributed by atoms with E-state index in [4.69, 9.17) is 0 Å². The molecule has 0 spiro atoms. The first kappa shape index (κ1) is 24.3. The van der Waals surface area contributed by atoms with E-state index in [-0.39, 0.29) is 36.6 Å². The number of carbonyl (C=O) groups is 3. The SMILES string of the molecule is CC(=O)NC(CC(=O)NC(C)CC(=O)Nc1cccc(N2CCCC2)c1)c1ccc(C)cc1. The maximum Gasteiger partial charge on any atom is 0.226 e. The molecule has 0 radical (unpaired) electrons. The quantitative estimate of drug-likeness (QED) is 0.543. The fourth-order valence-corrected chi connectivity index (χ4v) is 4.11. The fraction of sp³-hybridized carbons (Fsp3) is 0.423. The van der Waals surface area contributed by atoms with Crippen LogP contribution in [0.1, 0.15) is 56.7 Å². The van der Waals surface area contributed by atoms with Gasteiger partial charge < -0.3 is 20.9 Å². The molecule has 2 unspecified atom stereocenters. The van der Waals surface area contributed by atoms with Gasteiger partial charge in [-0.25, -0.2) is 0 Å². The molecule has 1 fully saturated rings. The van der Waals surface area contributed by atoms with Crippen molar-refractivity contribution in [2.24, 2.45) is 0 Å². The van der Waals surface area contributed by atoms with E-state index in [1.165, 1.54) is 19.8 Å². The average Bonchev–Trinajstić information content (AvgIpc) is 3.28. The minimum absolute atomic E-state index is 0.104. The summed E-state index contributed by atoms with van der Waals surface area (Å²) < 4.78 is 0. The van der Waals surface area contributed by atoms with Gasteiger partial charge in [-0.15, -0.1) is 0 Å². The van der Waals surface area contributed by atoms with Gasteiger partial charge in [0.2, 0.25) is 17.7 Å². The minimum atomic E-state index is -0.419. The van der Waals surface area contributed by atoms with Gasteiger partial charge >= 0.3 is 0 Å². The van der Waals surface area contributed by atoms with Gasteiger partial charge in [-0.1, -0.05) is 35.9 Å². The van der Waals surface area contributed by atoms with Crippen molar-refractivity contribution in [2.45, 2.75) is 58.5 Å². The Bertz CT molecular complexity index is 968. The van der Waals surface area contributed by atoms with Crippen molar-refractivity contribution >= 4 is 29.1 Å². The molecule has 0 saturated carbocycles. The highest BCUT2D eigenvalue weighted by atomic mass is 16.2. The standard InChI is InChI=1S/C26H34N4O3/c1-18-9-11-21(12-10-18)24(28-20(3)31)17-26(33)27-19(2)15-25(32)29-22-7-6-8-23(16-22)30-13-4-5-14-30/h6-12,16,19,24H,4-5,13-15,17H2,1-3H3,(H,27,33)(H,28,31)(H,29,32). The number of rotatable bonds is 9. The maximum absolute atomic E-state index is 12.6. The van der Waals surface area contributed by atoms with Gasteiger partial charge in [0.25, 0.3) is 0 Å². The molecule has 0 aromatic heterocycles. The molecular formula is C26H34N4O3. The summed E-state index contributed by atoms with van der Waals surface area (Å²) in [4.78, 5) is 39.1. The number of nitrogens with one attached hydrogen (secondary N) is 3. The van der Waals surface area contributed by atoms with Crippen molar-refractivity contribution in [3.63, 3.8) is 0 Å². The highest BCUT2D eigenvalue weighted by Crippen LogP contribution is 2.23. The Morgan fingerprint density at radius 2 is 1.64 bits per heavy atom. The first-order valence-corrected chi connectivity index (χ1v) is 11.6. The molecule has 1 saturated heterocycles. The van der Waals surface area contributed by atoms with E-state index in [1.807, 2.05) is 49.4 Å². The van der Waals surface area contributed by atoms with Crippen LogP contribution in [0.25, 0.3) is 0 Å². The Balaban J connectivity index is 1.51. The number of amides is 3. The summed E-state index contributed by atoms with van der Waals surface area (Å²) in [5.41, 5.74) is 3.85. The molecule has 1 heterocycles. The summed E-state index contributed by atoms with van der Waals surface area (Å²) in [6, 6.07) is 14.8. The van der Waals surface area contributed by atoms with Crippen molar-refractivity contribution < 1.29 is 14.4 Å². The molecule has 2 atom stereocenters. The van der Waals surface area contributed by atoms with Gasteiger partial charge in [0.1, 0.15) is 0 Å². The van der Waals surface area contributed by atoms with E-state index in [0.29, 0.717) is 0 Å². The number of hydrogen-bond donors (Lipinski definition) is 3. The summed E-state index contributed by atoms with van der Waals surface area (Å²) in [5.74, 6) is -0.569. The van der Waals surface area contributed by atoms with E-state index >= 15 is 0 Å². The minimum Gasteiger partial charge on any atom is -0.371 e. The lowest BCUT2D eigenvalue weighted by Crippen LogP contribution is -2.38. The molecule has 176 valence electrons. The maximum atomic E-state index is 12.6. The number of aryl methyl sites for hydroxylation is 1. The third-order valence-corrected chi connectivity index (χ3v) is 5.75. The lowest BCUT2D eigenvalue weighted by molar-refractivity contribution is -0.123. The Morgan fingerprint density at radius 3 is 2.30 bits per heavy atom. The van der Waals surface area contributed by atoms with Crippen LogP contribution in [0.3, 0.4) is 0 Å². The van der Waals surface area contributed by atoms with Crippen LogP contribution < -0.4 is 20.9 Å². The molecule has 0 bridgehead atoms. The lowest BCUT2D eigenvalue weighted by Gasteiger charge is -2.20. The Morgan fingerprint density at radius 1 is 0.939 bits per heavy atom. The van der Waals surface area contributed by atoms with E-state index < -0.39 is 6.04 Å². The second-order valence-corrected chi connectivity index (χ2v) is 8.83. The van der Waals surface area contributed by atoms with Crippen molar-refractivity contribution in [2.75, 3.05) is 23.3 Å². The van der Waals surface area contributed by atoms with Gasteiger partial charge in [-0.05, 0) is 50.5 Å². The van der Waals surface area contributed by atoms with Gasteiger partial charge in [0.05, 0.1) is 12.5 Å². The van der Waals surface area contributed by atoms with Gasteiger partial charge in [0.15, 0.2) is 0 Å². The van der Waals surface area contributed by atoms with Crippen LogP contribution in [0.4, 0.5) is 11.4 Å². The van der Waals surface area contributed by atoms with Crippen LogP contribution in [0.5, 0.6) is 0 Å². The van der Waals surface area contributed by atoms with E-state index in [1.54, 1.807) is 6.92 Å². The molecule has 0 aliphatic carbocycles. The van der Waals surface area contributed by atoms with E-state index in [0.717, 1.165) is 35.6 Å². The molecule has 7 nitrogen and oxygen atoms in total. The van der Waals surface area contributed by atoms with Crippen LogP contribution in [0.15, 0.2) is 48.5 Å². The summed E-state index contributed by atoms with van der Waals surface area (Å²) in [7, 11) is 0. The molecule has 3 amide bonds. The molecule has 2 aromatic rings. The third-order valence-electron chi connectivity index (χ3n) is 5.75. The van der Waals surface area contributed by atoms with Gasteiger partial charge in [-0.2, -0.15) is 0 Å². The number of anilines is 2. The van der Waals surface area contributed by atoms with Crippen LogP contribution in [0.2, 0.25) is 0 Å². The predicted octanol–water partition coefficient (Wildman–Crippen LogP) is 3.70. The van der Waals surface area contributed by atoms with Crippen molar-refractivity contribution in [1.29, 1.82) is 0 Å². The monoisotopic (exact) mass is 450 g/mol. The first-order chi connectivity index (χ1) is 15.8.